The lowest BCUT2D eigenvalue weighted by Crippen LogP contribution is -2.53. The van der Waals surface area contributed by atoms with E-state index in [0.717, 1.165) is 0 Å². The van der Waals surface area contributed by atoms with Crippen LogP contribution in [0.3, 0.4) is 0 Å². The number of aromatic amines is 1. The number of rotatable bonds is 4. The van der Waals surface area contributed by atoms with Crippen LogP contribution in [0.4, 0.5) is 35.1 Å². The van der Waals surface area contributed by atoms with Crippen LogP contribution in [0, 0.1) is 0 Å². The van der Waals surface area contributed by atoms with Gasteiger partial charge in [0.1, 0.15) is 0 Å². The normalized spacial score (nSPS) is 14.7. The molecule has 1 heterocycles. The molecule has 4 nitrogen and oxygen atoms in total. The van der Waals surface area contributed by atoms with Crippen LogP contribution < -0.4 is 4.98 Å². The first-order chi connectivity index (χ1) is 10.1. The molecule has 0 saturated carbocycles. The van der Waals surface area contributed by atoms with Crippen LogP contribution in [-0.2, 0) is 10.1 Å². The molecule has 13 heteroatoms. The second-order valence-corrected chi connectivity index (χ2v) is 5.38. The van der Waals surface area contributed by atoms with Crippen molar-refractivity contribution in [2.24, 2.45) is 0 Å². The zero-order chi connectivity index (χ0) is 18.5. The zero-order valence-electron chi connectivity index (χ0n) is 10.8. The minimum Gasteiger partial charge on any atom is -0.743 e. The third kappa shape index (κ3) is 6.25. The van der Waals surface area contributed by atoms with Crippen LogP contribution >= 0.6 is 0 Å². The van der Waals surface area contributed by atoms with Gasteiger partial charge < -0.3 is 4.55 Å². The highest BCUT2D eigenvalue weighted by atomic mass is 32.2. The van der Waals surface area contributed by atoms with Crippen LogP contribution in [0.15, 0.2) is 30.6 Å². The number of alkyl halides is 8. The Morgan fingerprint density at radius 1 is 0.957 bits per heavy atom. The molecule has 0 aliphatic carbocycles. The Balaban J connectivity index is 0.000000664. The van der Waals surface area contributed by atoms with E-state index in [1.54, 1.807) is 0 Å². The molecule has 1 N–H and O–H groups in total. The van der Waals surface area contributed by atoms with E-state index in [4.69, 9.17) is 0 Å². The Kier molecular flexibility index (Phi) is 6.90. The van der Waals surface area contributed by atoms with Gasteiger partial charge in [-0.3, -0.25) is 0 Å². The number of hydrogen-bond acceptors (Lipinski definition) is 3. The van der Waals surface area contributed by atoms with E-state index in [9.17, 15) is 48.1 Å². The summed E-state index contributed by atoms with van der Waals surface area (Å²) in [6, 6.07) is 5.86. The molecule has 0 saturated heterocycles. The fourth-order valence-corrected chi connectivity index (χ4v) is 1.48. The lowest BCUT2D eigenvalue weighted by atomic mass is 10.1. The quantitative estimate of drug-likeness (QED) is 0.600. The summed E-state index contributed by atoms with van der Waals surface area (Å²) in [6.45, 7) is 0. The van der Waals surface area contributed by atoms with Gasteiger partial charge in [0.25, 0.3) is 0 Å². The van der Waals surface area contributed by atoms with Gasteiger partial charge in [-0.2, -0.15) is 30.7 Å². The molecular formula is C10H9F8NO3S. The van der Waals surface area contributed by atoms with Gasteiger partial charge in [-0.05, 0) is 0 Å². The molecule has 0 aliphatic heterocycles. The SMILES string of the molecule is O=S(=O)([O-])C(F)(F)C(F)(F)C(F)CC(F)(F)F.c1cc[nH+]cc1. The van der Waals surface area contributed by atoms with Crippen molar-refractivity contribution in [3.63, 3.8) is 0 Å². The van der Waals surface area contributed by atoms with Gasteiger partial charge in [0.15, 0.2) is 28.7 Å². The number of H-pyrrole nitrogens is 1. The molecule has 1 atom stereocenters. The summed E-state index contributed by atoms with van der Waals surface area (Å²) < 4.78 is 125. The van der Waals surface area contributed by atoms with Crippen molar-refractivity contribution < 1.29 is 53.1 Å². The number of hydrogen-bond donors (Lipinski definition) is 0. The van der Waals surface area contributed by atoms with Crippen LogP contribution in [0.25, 0.3) is 0 Å². The Bertz CT molecular complexity index is 549. The van der Waals surface area contributed by atoms with Gasteiger partial charge in [-0.15, -0.1) is 0 Å². The summed E-state index contributed by atoms with van der Waals surface area (Å²) in [4.78, 5) is 2.89. The molecule has 0 radical (unpaired) electrons. The lowest BCUT2D eigenvalue weighted by Gasteiger charge is -2.30. The van der Waals surface area contributed by atoms with E-state index in [2.05, 4.69) is 4.98 Å². The Morgan fingerprint density at radius 3 is 1.61 bits per heavy atom. The molecule has 0 aliphatic rings. The maximum Gasteiger partial charge on any atom is 0.399 e. The third-order valence-electron chi connectivity index (χ3n) is 2.11. The van der Waals surface area contributed by atoms with Gasteiger partial charge in [-0.1, -0.05) is 6.07 Å². The molecular weight excluding hydrogens is 366 g/mol. The monoisotopic (exact) mass is 375 g/mol. The molecule has 1 rings (SSSR count). The first kappa shape index (κ1) is 21.5. The van der Waals surface area contributed by atoms with Gasteiger partial charge in [0, 0.05) is 12.1 Å². The summed E-state index contributed by atoms with van der Waals surface area (Å²) in [6.07, 6.45) is -9.38. The van der Waals surface area contributed by atoms with Gasteiger partial charge >= 0.3 is 17.4 Å². The van der Waals surface area contributed by atoms with Gasteiger partial charge in [0.05, 0.1) is 6.42 Å². The Labute approximate surface area is 124 Å². The predicted molar refractivity (Wildman–Crippen MR) is 58.2 cm³/mol. The fourth-order valence-electron chi connectivity index (χ4n) is 1.02. The van der Waals surface area contributed by atoms with Gasteiger partial charge in [0.2, 0.25) is 0 Å². The minimum absolute atomic E-state index is 1.88. The highest BCUT2D eigenvalue weighted by molar-refractivity contribution is 7.86. The second kappa shape index (κ2) is 7.38. The van der Waals surface area contributed by atoms with Crippen molar-refractivity contribution in [3.8, 4) is 0 Å². The average molecular weight is 375 g/mol. The van der Waals surface area contributed by atoms with Crippen molar-refractivity contribution >= 4 is 10.1 Å². The van der Waals surface area contributed by atoms with Crippen LogP contribution in [-0.4, -0.2) is 36.5 Å². The molecule has 0 spiro atoms. The first-order valence-electron chi connectivity index (χ1n) is 5.46. The lowest BCUT2D eigenvalue weighted by molar-refractivity contribution is -0.377. The summed E-state index contributed by atoms with van der Waals surface area (Å²) >= 11 is 0. The van der Waals surface area contributed by atoms with E-state index >= 15 is 0 Å². The standard InChI is InChI=1S/C5H4F8O3S.C5H5N/c6-2(1-3(7,8)9)4(10,11)5(12,13)17(14,15)16;1-2-4-6-5-3-1/h2H,1H2,(H,14,15,16);1-5H. The Morgan fingerprint density at radius 2 is 1.39 bits per heavy atom. The Hall–Kier alpha value is -1.50. The van der Waals surface area contributed by atoms with E-state index in [1.807, 2.05) is 30.6 Å². The number of aromatic nitrogens is 1. The summed E-state index contributed by atoms with van der Waals surface area (Å²) in [5.41, 5.74) is 0. The third-order valence-corrected chi connectivity index (χ3v) is 3.01. The van der Waals surface area contributed by atoms with E-state index in [1.165, 1.54) is 0 Å². The van der Waals surface area contributed by atoms with Crippen molar-refractivity contribution in [2.45, 2.75) is 29.9 Å². The molecule has 0 bridgehead atoms. The molecule has 0 aromatic carbocycles. The molecule has 1 aromatic heterocycles. The molecule has 1 unspecified atom stereocenters. The van der Waals surface area contributed by atoms with Crippen molar-refractivity contribution in [3.05, 3.63) is 30.6 Å². The van der Waals surface area contributed by atoms with Crippen LogP contribution in [0.5, 0.6) is 0 Å². The van der Waals surface area contributed by atoms with E-state index < -0.39 is 40.1 Å². The van der Waals surface area contributed by atoms with Crippen LogP contribution in [0.1, 0.15) is 6.42 Å². The summed E-state index contributed by atoms with van der Waals surface area (Å²) in [5.74, 6) is -6.27. The van der Waals surface area contributed by atoms with Crippen molar-refractivity contribution in [1.29, 1.82) is 0 Å². The smallest absolute Gasteiger partial charge is 0.399 e. The highest BCUT2D eigenvalue weighted by Gasteiger charge is 2.67. The minimum atomic E-state index is -7.00. The topological polar surface area (TPSA) is 71.3 Å². The largest absolute Gasteiger partial charge is 0.743 e. The average Bonchev–Trinajstić information content (AvgIpc) is 2.38. The first-order valence-corrected chi connectivity index (χ1v) is 6.86. The molecule has 0 amide bonds. The van der Waals surface area contributed by atoms with Crippen molar-refractivity contribution in [1.82, 2.24) is 0 Å². The fraction of sp³-hybridized carbons (Fsp3) is 0.500. The highest BCUT2D eigenvalue weighted by Crippen LogP contribution is 2.44. The molecule has 1 aromatic rings. The maximum absolute atomic E-state index is 12.4. The summed E-state index contributed by atoms with van der Waals surface area (Å²) in [5, 5.41) is -6.47. The van der Waals surface area contributed by atoms with Crippen LogP contribution in [0.2, 0.25) is 0 Å². The van der Waals surface area contributed by atoms with Gasteiger partial charge in [-0.25, -0.2) is 17.8 Å². The number of halogens is 8. The molecule has 0 fully saturated rings. The van der Waals surface area contributed by atoms with E-state index in [-0.39, 0.29) is 0 Å². The van der Waals surface area contributed by atoms with E-state index in [0.29, 0.717) is 0 Å². The number of nitrogens with one attached hydrogen (secondary N) is 1. The summed E-state index contributed by atoms with van der Waals surface area (Å²) in [7, 11) is -7.00. The number of pyridine rings is 1. The predicted octanol–water partition coefficient (Wildman–Crippen LogP) is 2.55. The molecule has 134 valence electrons. The zero-order valence-corrected chi connectivity index (χ0v) is 11.6. The van der Waals surface area contributed by atoms with Crippen molar-refractivity contribution in [2.75, 3.05) is 0 Å². The maximum atomic E-state index is 12.4. The second-order valence-electron chi connectivity index (χ2n) is 3.96. The molecule has 23 heavy (non-hydrogen) atoms.